The van der Waals surface area contributed by atoms with Gasteiger partial charge in [0.15, 0.2) is 0 Å². The normalized spacial score (nSPS) is 11.0. The van der Waals surface area contributed by atoms with Crippen LogP contribution < -0.4 is 5.32 Å². The van der Waals surface area contributed by atoms with Crippen LogP contribution in [0.3, 0.4) is 0 Å². The van der Waals surface area contributed by atoms with Crippen LogP contribution in [0.25, 0.3) is 10.9 Å². The summed E-state index contributed by atoms with van der Waals surface area (Å²) in [4.78, 5) is 16.8. The maximum atomic E-state index is 11.2. The Balaban J connectivity index is 2.51. The van der Waals surface area contributed by atoms with Crippen molar-refractivity contribution in [2.45, 2.75) is 0 Å². The molecule has 1 aromatic heterocycles. The highest BCUT2D eigenvalue weighted by molar-refractivity contribution is 6.33. The first-order valence-electron chi connectivity index (χ1n) is 6.12. The van der Waals surface area contributed by atoms with Crippen LogP contribution in [0.2, 0.25) is 5.15 Å². The molecule has 0 bridgehead atoms. The highest BCUT2D eigenvalue weighted by atomic mass is 35.5. The first-order valence-corrected chi connectivity index (χ1v) is 6.49. The summed E-state index contributed by atoms with van der Waals surface area (Å²) in [6.45, 7) is 1.34. The summed E-state index contributed by atoms with van der Waals surface area (Å²) in [5, 5.41) is 14.9. The largest absolute Gasteiger partial charge is 0.378 e. The summed E-state index contributed by atoms with van der Waals surface area (Å²) < 4.78 is 0. The van der Waals surface area contributed by atoms with Crippen molar-refractivity contribution in [3.8, 4) is 0 Å². The van der Waals surface area contributed by atoms with Crippen molar-refractivity contribution in [2.75, 3.05) is 32.5 Å². The molecule has 0 amide bonds. The minimum Gasteiger partial charge on any atom is -0.378 e. The van der Waals surface area contributed by atoms with Crippen molar-refractivity contribution in [1.29, 1.82) is 0 Å². The number of pyridine rings is 1. The van der Waals surface area contributed by atoms with Gasteiger partial charge in [-0.3, -0.25) is 10.1 Å². The Kier molecular flexibility index (Phi) is 4.36. The molecule has 1 aromatic carbocycles. The Labute approximate surface area is 121 Å². The maximum Gasteiger partial charge on any atom is 0.329 e. The number of para-hydroxylation sites is 1. The predicted molar refractivity (Wildman–Crippen MR) is 80.5 cm³/mol. The SMILES string of the molecule is CN(C)CCNc1c([N+](=O)[O-])c(Cl)nc2ccccc12. The fourth-order valence-electron chi connectivity index (χ4n) is 1.92. The van der Waals surface area contributed by atoms with E-state index in [0.717, 1.165) is 6.54 Å². The van der Waals surface area contributed by atoms with Gasteiger partial charge >= 0.3 is 5.69 Å². The van der Waals surface area contributed by atoms with Crippen LogP contribution in [-0.4, -0.2) is 42.0 Å². The number of rotatable bonds is 5. The molecule has 0 fully saturated rings. The fourth-order valence-corrected chi connectivity index (χ4v) is 2.18. The molecular formula is C13H15ClN4O2. The van der Waals surface area contributed by atoms with Crippen molar-refractivity contribution < 1.29 is 4.92 Å². The van der Waals surface area contributed by atoms with Gasteiger partial charge in [0.05, 0.1) is 10.4 Å². The molecule has 2 rings (SSSR count). The van der Waals surface area contributed by atoms with Crippen molar-refractivity contribution in [3.63, 3.8) is 0 Å². The fraction of sp³-hybridized carbons (Fsp3) is 0.308. The molecule has 0 spiro atoms. The molecule has 0 aliphatic carbocycles. The number of nitro groups is 1. The zero-order chi connectivity index (χ0) is 14.7. The third kappa shape index (κ3) is 2.97. The minimum atomic E-state index is -0.500. The summed E-state index contributed by atoms with van der Waals surface area (Å²) in [7, 11) is 3.88. The monoisotopic (exact) mass is 294 g/mol. The number of hydrogen-bond donors (Lipinski definition) is 1. The van der Waals surface area contributed by atoms with E-state index in [-0.39, 0.29) is 10.8 Å². The molecule has 0 atom stereocenters. The Bertz CT molecular complexity index is 646. The van der Waals surface area contributed by atoms with Crippen LogP contribution in [0.1, 0.15) is 0 Å². The zero-order valence-electron chi connectivity index (χ0n) is 11.3. The van der Waals surface area contributed by atoms with Crippen molar-refractivity contribution in [2.24, 2.45) is 0 Å². The standard InChI is InChI=1S/C13H15ClN4O2/c1-17(2)8-7-15-11-9-5-3-4-6-10(9)16-13(14)12(11)18(19)20/h3-6H,7-8H2,1-2H3,(H,15,16). The van der Waals surface area contributed by atoms with Gasteiger partial charge in [-0.05, 0) is 20.2 Å². The van der Waals surface area contributed by atoms with E-state index in [0.29, 0.717) is 23.1 Å². The lowest BCUT2D eigenvalue weighted by atomic mass is 10.1. The van der Waals surface area contributed by atoms with Gasteiger partial charge in [-0.2, -0.15) is 0 Å². The minimum absolute atomic E-state index is 0.0962. The summed E-state index contributed by atoms with van der Waals surface area (Å²) in [5.74, 6) is 0. The molecule has 2 aromatic rings. The van der Waals surface area contributed by atoms with Gasteiger partial charge in [0.2, 0.25) is 5.15 Å². The molecule has 6 nitrogen and oxygen atoms in total. The second kappa shape index (κ2) is 6.02. The number of benzene rings is 1. The van der Waals surface area contributed by atoms with Crippen LogP contribution in [0.15, 0.2) is 24.3 Å². The number of anilines is 1. The first-order chi connectivity index (χ1) is 9.50. The molecule has 0 radical (unpaired) electrons. The quantitative estimate of drug-likeness (QED) is 0.521. The molecule has 0 saturated heterocycles. The molecule has 0 saturated carbocycles. The molecule has 1 heterocycles. The van der Waals surface area contributed by atoms with Crippen LogP contribution in [-0.2, 0) is 0 Å². The van der Waals surface area contributed by atoms with Gasteiger partial charge in [0, 0.05) is 18.5 Å². The summed E-state index contributed by atoms with van der Waals surface area (Å²) >= 11 is 5.94. The van der Waals surface area contributed by atoms with Crippen LogP contribution in [0, 0.1) is 10.1 Å². The third-order valence-corrected chi connectivity index (χ3v) is 3.13. The first kappa shape index (κ1) is 14.5. The van der Waals surface area contributed by atoms with E-state index in [1.54, 1.807) is 12.1 Å². The van der Waals surface area contributed by atoms with Crippen molar-refractivity contribution in [3.05, 3.63) is 39.5 Å². The van der Waals surface area contributed by atoms with E-state index in [4.69, 9.17) is 11.6 Å². The molecule has 0 unspecified atom stereocenters. The number of hydrogen-bond acceptors (Lipinski definition) is 5. The maximum absolute atomic E-state index is 11.2. The lowest BCUT2D eigenvalue weighted by molar-refractivity contribution is -0.384. The van der Waals surface area contributed by atoms with Crippen LogP contribution in [0.5, 0.6) is 0 Å². The summed E-state index contributed by atoms with van der Waals surface area (Å²) in [5.41, 5.74) is 0.882. The molecule has 0 aliphatic rings. The van der Waals surface area contributed by atoms with E-state index in [1.165, 1.54) is 0 Å². The Morgan fingerprint density at radius 3 is 2.75 bits per heavy atom. The average molecular weight is 295 g/mol. The molecule has 20 heavy (non-hydrogen) atoms. The van der Waals surface area contributed by atoms with E-state index >= 15 is 0 Å². The number of nitrogens with zero attached hydrogens (tertiary/aromatic N) is 3. The van der Waals surface area contributed by atoms with E-state index in [9.17, 15) is 10.1 Å². The number of likely N-dealkylation sites (N-methyl/N-ethyl adjacent to an activating group) is 1. The Morgan fingerprint density at radius 1 is 1.40 bits per heavy atom. The van der Waals surface area contributed by atoms with Gasteiger partial charge < -0.3 is 10.2 Å². The molecule has 1 N–H and O–H groups in total. The van der Waals surface area contributed by atoms with Crippen molar-refractivity contribution in [1.82, 2.24) is 9.88 Å². The highest BCUT2D eigenvalue weighted by Crippen LogP contribution is 2.36. The predicted octanol–water partition coefficient (Wildman–Crippen LogP) is 2.77. The average Bonchev–Trinajstić information content (AvgIpc) is 2.37. The van der Waals surface area contributed by atoms with Gasteiger partial charge in [-0.1, -0.05) is 29.8 Å². The molecule has 7 heteroatoms. The Morgan fingerprint density at radius 2 is 2.10 bits per heavy atom. The van der Waals surface area contributed by atoms with Crippen LogP contribution >= 0.6 is 11.6 Å². The topological polar surface area (TPSA) is 71.3 Å². The Hall–Kier alpha value is -1.92. The smallest absolute Gasteiger partial charge is 0.329 e. The van der Waals surface area contributed by atoms with Gasteiger partial charge in [0.25, 0.3) is 0 Å². The van der Waals surface area contributed by atoms with Crippen molar-refractivity contribution >= 4 is 33.9 Å². The lowest BCUT2D eigenvalue weighted by Gasteiger charge is -2.13. The molecule has 106 valence electrons. The second-order valence-electron chi connectivity index (χ2n) is 4.63. The number of fused-ring (bicyclic) bond motifs is 1. The third-order valence-electron chi connectivity index (χ3n) is 2.87. The summed E-state index contributed by atoms with van der Waals surface area (Å²) in [6.07, 6.45) is 0. The van der Waals surface area contributed by atoms with Gasteiger partial charge in [-0.15, -0.1) is 0 Å². The molecular weight excluding hydrogens is 280 g/mol. The van der Waals surface area contributed by atoms with Gasteiger partial charge in [0.1, 0.15) is 5.69 Å². The zero-order valence-corrected chi connectivity index (χ0v) is 12.0. The van der Waals surface area contributed by atoms with Crippen LogP contribution in [0.4, 0.5) is 11.4 Å². The van der Waals surface area contributed by atoms with E-state index in [2.05, 4.69) is 10.3 Å². The molecule has 0 aliphatic heterocycles. The number of aromatic nitrogens is 1. The van der Waals surface area contributed by atoms with E-state index in [1.807, 2.05) is 31.1 Å². The van der Waals surface area contributed by atoms with E-state index < -0.39 is 4.92 Å². The summed E-state index contributed by atoms with van der Waals surface area (Å²) in [6, 6.07) is 7.21. The second-order valence-corrected chi connectivity index (χ2v) is 4.99. The highest BCUT2D eigenvalue weighted by Gasteiger charge is 2.23. The number of halogens is 1. The lowest BCUT2D eigenvalue weighted by Crippen LogP contribution is -2.21. The number of nitrogens with one attached hydrogen (secondary N) is 1. The van der Waals surface area contributed by atoms with Gasteiger partial charge in [-0.25, -0.2) is 4.98 Å².